The van der Waals surface area contributed by atoms with Gasteiger partial charge in [-0.25, -0.2) is 0 Å². The summed E-state index contributed by atoms with van der Waals surface area (Å²) in [5.74, 6) is 1.76. The Bertz CT molecular complexity index is 526. The van der Waals surface area contributed by atoms with Gasteiger partial charge in [-0.05, 0) is 37.4 Å². The average molecular weight is 295 g/mol. The summed E-state index contributed by atoms with van der Waals surface area (Å²) >= 11 is 5.80. The number of nitrogens with two attached hydrogens (primary N) is 1. The van der Waals surface area contributed by atoms with Crippen LogP contribution in [0.4, 0.5) is 0 Å². The number of nitrogens with zero attached hydrogens (tertiary/aromatic N) is 3. The molecule has 1 unspecified atom stereocenters. The van der Waals surface area contributed by atoms with Crippen molar-refractivity contribution >= 4 is 11.6 Å². The van der Waals surface area contributed by atoms with Crippen LogP contribution in [0.3, 0.4) is 0 Å². The highest BCUT2D eigenvalue weighted by molar-refractivity contribution is 6.30. The van der Waals surface area contributed by atoms with Crippen LogP contribution >= 0.6 is 11.6 Å². The van der Waals surface area contributed by atoms with Crippen LogP contribution < -0.4 is 5.73 Å². The van der Waals surface area contributed by atoms with Crippen LogP contribution in [0.15, 0.2) is 22.9 Å². The highest BCUT2D eigenvalue weighted by atomic mass is 35.5. The smallest absolute Gasteiger partial charge is 0.227 e. The van der Waals surface area contributed by atoms with Crippen molar-refractivity contribution in [1.29, 1.82) is 0 Å². The lowest BCUT2D eigenvalue weighted by atomic mass is 9.97. The SMILES string of the molecule is CCC(CCN)CCc1nc(-c2ccc(Cl)cn2)no1. The summed E-state index contributed by atoms with van der Waals surface area (Å²) in [6.07, 6.45) is 5.52. The van der Waals surface area contributed by atoms with Crippen LogP contribution in [0.2, 0.25) is 5.02 Å². The Balaban J connectivity index is 1.96. The van der Waals surface area contributed by atoms with Crippen LogP contribution in [0.1, 0.15) is 32.1 Å². The summed E-state index contributed by atoms with van der Waals surface area (Å²) in [6, 6.07) is 3.54. The first kappa shape index (κ1) is 14.9. The van der Waals surface area contributed by atoms with E-state index in [2.05, 4.69) is 22.0 Å². The molecule has 0 radical (unpaired) electrons. The molecule has 0 aromatic carbocycles. The molecule has 0 saturated heterocycles. The van der Waals surface area contributed by atoms with Gasteiger partial charge >= 0.3 is 0 Å². The van der Waals surface area contributed by atoms with Gasteiger partial charge in [-0.1, -0.05) is 30.1 Å². The summed E-state index contributed by atoms with van der Waals surface area (Å²) in [4.78, 5) is 8.53. The molecule has 0 spiro atoms. The fraction of sp³-hybridized carbons (Fsp3) is 0.500. The Morgan fingerprint density at radius 1 is 1.35 bits per heavy atom. The van der Waals surface area contributed by atoms with Crippen molar-refractivity contribution in [3.05, 3.63) is 29.2 Å². The van der Waals surface area contributed by atoms with E-state index in [4.69, 9.17) is 21.9 Å². The van der Waals surface area contributed by atoms with Crippen molar-refractivity contribution in [1.82, 2.24) is 15.1 Å². The Morgan fingerprint density at radius 3 is 2.85 bits per heavy atom. The van der Waals surface area contributed by atoms with E-state index in [-0.39, 0.29) is 0 Å². The predicted octanol–water partition coefficient (Wildman–Crippen LogP) is 3.09. The summed E-state index contributed by atoms with van der Waals surface area (Å²) in [6.45, 7) is 2.90. The number of hydrogen-bond donors (Lipinski definition) is 1. The molecule has 0 aliphatic heterocycles. The number of halogens is 1. The summed E-state index contributed by atoms with van der Waals surface area (Å²) < 4.78 is 5.26. The first-order chi connectivity index (χ1) is 9.72. The van der Waals surface area contributed by atoms with Crippen molar-refractivity contribution in [3.8, 4) is 11.5 Å². The number of aromatic nitrogens is 3. The van der Waals surface area contributed by atoms with Crippen LogP contribution in [0, 0.1) is 5.92 Å². The standard InChI is InChI=1S/C14H19ClN4O/c1-2-10(7-8-16)3-6-13-18-14(19-20-13)12-5-4-11(15)9-17-12/h4-5,9-10H,2-3,6-8,16H2,1H3. The lowest BCUT2D eigenvalue weighted by Gasteiger charge is -2.11. The molecule has 0 saturated carbocycles. The van der Waals surface area contributed by atoms with Crippen molar-refractivity contribution in [2.24, 2.45) is 11.7 Å². The topological polar surface area (TPSA) is 77.8 Å². The average Bonchev–Trinajstić information content (AvgIpc) is 2.93. The molecule has 0 fully saturated rings. The van der Waals surface area contributed by atoms with E-state index in [0.29, 0.717) is 28.3 Å². The van der Waals surface area contributed by atoms with Crippen LogP contribution in [0.5, 0.6) is 0 Å². The Labute approximate surface area is 123 Å². The van der Waals surface area contributed by atoms with E-state index in [1.165, 1.54) is 0 Å². The first-order valence-electron chi connectivity index (χ1n) is 6.87. The molecule has 2 heterocycles. The Morgan fingerprint density at radius 2 is 2.20 bits per heavy atom. The summed E-state index contributed by atoms with van der Waals surface area (Å²) in [5, 5.41) is 4.54. The minimum absolute atomic E-state index is 0.503. The minimum Gasteiger partial charge on any atom is -0.339 e. The first-order valence-corrected chi connectivity index (χ1v) is 7.25. The van der Waals surface area contributed by atoms with E-state index in [1.54, 1.807) is 18.3 Å². The number of hydrogen-bond acceptors (Lipinski definition) is 5. The van der Waals surface area contributed by atoms with E-state index in [9.17, 15) is 0 Å². The van der Waals surface area contributed by atoms with Crippen LogP contribution in [-0.4, -0.2) is 21.7 Å². The van der Waals surface area contributed by atoms with Gasteiger partial charge in [0.1, 0.15) is 5.69 Å². The fourth-order valence-corrected chi connectivity index (χ4v) is 2.20. The Kier molecular flexibility index (Phi) is 5.49. The molecule has 0 aliphatic rings. The summed E-state index contributed by atoms with van der Waals surface area (Å²) in [7, 11) is 0. The molecular weight excluding hydrogens is 276 g/mol. The lowest BCUT2D eigenvalue weighted by Crippen LogP contribution is -2.09. The van der Waals surface area contributed by atoms with Gasteiger partial charge < -0.3 is 10.3 Å². The van der Waals surface area contributed by atoms with Crippen molar-refractivity contribution < 1.29 is 4.52 Å². The third kappa shape index (κ3) is 4.02. The van der Waals surface area contributed by atoms with Gasteiger partial charge in [-0.3, -0.25) is 4.98 Å². The Hall–Kier alpha value is -1.46. The van der Waals surface area contributed by atoms with Crippen molar-refractivity contribution in [2.45, 2.75) is 32.6 Å². The second kappa shape index (κ2) is 7.36. The maximum atomic E-state index is 5.80. The normalized spacial score (nSPS) is 12.6. The quantitative estimate of drug-likeness (QED) is 0.849. The molecule has 0 bridgehead atoms. The highest BCUT2D eigenvalue weighted by Gasteiger charge is 2.12. The zero-order chi connectivity index (χ0) is 14.4. The second-order valence-corrected chi connectivity index (χ2v) is 5.20. The fourth-order valence-electron chi connectivity index (χ4n) is 2.08. The van der Waals surface area contributed by atoms with Gasteiger partial charge in [-0.15, -0.1) is 0 Å². The largest absolute Gasteiger partial charge is 0.339 e. The van der Waals surface area contributed by atoms with Crippen LogP contribution in [0.25, 0.3) is 11.5 Å². The lowest BCUT2D eigenvalue weighted by molar-refractivity contribution is 0.354. The molecule has 2 N–H and O–H groups in total. The van der Waals surface area contributed by atoms with Gasteiger partial charge in [0.25, 0.3) is 0 Å². The predicted molar refractivity (Wildman–Crippen MR) is 78.3 cm³/mol. The maximum Gasteiger partial charge on any atom is 0.227 e. The third-order valence-corrected chi connectivity index (χ3v) is 3.57. The zero-order valence-electron chi connectivity index (χ0n) is 11.6. The molecule has 2 rings (SSSR count). The van der Waals surface area contributed by atoms with Gasteiger partial charge in [0, 0.05) is 12.6 Å². The third-order valence-electron chi connectivity index (χ3n) is 3.34. The molecule has 2 aromatic rings. The second-order valence-electron chi connectivity index (χ2n) is 4.76. The van der Waals surface area contributed by atoms with Gasteiger partial charge in [0.15, 0.2) is 0 Å². The molecule has 0 amide bonds. The van der Waals surface area contributed by atoms with Crippen molar-refractivity contribution in [3.63, 3.8) is 0 Å². The molecule has 1 atom stereocenters. The number of pyridine rings is 1. The van der Waals surface area contributed by atoms with Gasteiger partial charge in [-0.2, -0.15) is 4.98 Å². The van der Waals surface area contributed by atoms with E-state index in [1.807, 2.05) is 0 Å². The minimum atomic E-state index is 0.503. The zero-order valence-corrected chi connectivity index (χ0v) is 12.3. The molecule has 6 heteroatoms. The van der Waals surface area contributed by atoms with Gasteiger partial charge in [0.05, 0.1) is 5.02 Å². The van der Waals surface area contributed by atoms with Crippen molar-refractivity contribution in [2.75, 3.05) is 6.54 Å². The number of rotatable bonds is 7. The molecular formula is C14H19ClN4O. The monoisotopic (exact) mass is 294 g/mol. The van der Waals surface area contributed by atoms with E-state index < -0.39 is 0 Å². The highest BCUT2D eigenvalue weighted by Crippen LogP contribution is 2.18. The molecule has 108 valence electrons. The molecule has 5 nitrogen and oxygen atoms in total. The van der Waals surface area contributed by atoms with E-state index in [0.717, 1.165) is 32.2 Å². The van der Waals surface area contributed by atoms with E-state index >= 15 is 0 Å². The van der Waals surface area contributed by atoms with Gasteiger partial charge in [0.2, 0.25) is 11.7 Å². The molecule has 2 aromatic heterocycles. The number of aryl methyl sites for hydroxylation is 1. The molecule has 0 aliphatic carbocycles. The molecule has 20 heavy (non-hydrogen) atoms. The summed E-state index contributed by atoms with van der Waals surface area (Å²) in [5.41, 5.74) is 6.26. The van der Waals surface area contributed by atoms with Crippen LogP contribution in [-0.2, 0) is 6.42 Å². The maximum absolute atomic E-state index is 5.80.